The Hall–Kier alpha value is -1.30. The summed E-state index contributed by atoms with van der Waals surface area (Å²) in [4.78, 5) is 23.2. The molecule has 2 aliphatic rings. The van der Waals surface area contributed by atoms with Gasteiger partial charge in [0.15, 0.2) is 0 Å². The molecule has 2 heterocycles. The van der Waals surface area contributed by atoms with E-state index in [1.165, 1.54) is 0 Å². The van der Waals surface area contributed by atoms with Crippen molar-refractivity contribution in [3.63, 3.8) is 0 Å². The van der Waals surface area contributed by atoms with Crippen LogP contribution in [0.5, 0.6) is 0 Å². The molecule has 20 heavy (non-hydrogen) atoms. The van der Waals surface area contributed by atoms with Gasteiger partial charge in [-0.15, -0.1) is 0 Å². The van der Waals surface area contributed by atoms with E-state index >= 15 is 0 Å². The number of hydrogen-bond acceptors (Lipinski definition) is 4. The SMILES string of the molecule is CC(C)(C)OC(=O)N[C@H](C(=O)O)C1CC2CCC(C1)N2. The Morgan fingerprint density at radius 2 is 1.80 bits per heavy atom. The van der Waals surface area contributed by atoms with Gasteiger partial charge >= 0.3 is 12.1 Å². The first kappa shape index (κ1) is 15.1. The van der Waals surface area contributed by atoms with Gasteiger partial charge in [0, 0.05) is 12.1 Å². The number of nitrogens with one attached hydrogen (secondary N) is 2. The fraction of sp³-hybridized carbons (Fsp3) is 0.857. The second kappa shape index (κ2) is 5.60. The Kier molecular flexibility index (Phi) is 4.22. The van der Waals surface area contributed by atoms with Gasteiger partial charge in [-0.05, 0) is 52.4 Å². The maximum Gasteiger partial charge on any atom is 0.408 e. The molecule has 2 saturated heterocycles. The molecular formula is C14H24N2O4. The number of aliphatic carboxylic acids is 1. The Balaban J connectivity index is 1.97. The van der Waals surface area contributed by atoms with E-state index in [0.29, 0.717) is 12.1 Å². The van der Waals surface area contributed by atoms with Gasteiger partial charge in [-0.3, -0.25) is 0 Å². The molecular weight excluding hydrogens is 260 g/mol. The predicted molar refractivity (Wildman–Crippen MR) is 73.5 cm³/mol. The van der Waals surface area contributed by atoms with E-state index in [1.54, 1.807) is 20.8 Å². The number of hydrogen-bond donors (Lipinski definition) is 3. The topological polar surface area (TPSA) is 87.7 Å². The number of fused-ring (bicyclic) bond motifs is 2. The first-order valence-electron chi connectivity index (χ1n) is 7.23. The zero-order chi connectivity index (χ0) is 14.9. The van der Waals surface area contributed by atoms with Crippen molar-refractivity contribution in [2.45, 2.75) is 70.2 Å². The maximum absolute atomic E-state index is 11.8. The van der Waals surface area contributed by atoms with Crippen LogP contribution in [0, 0.1) is 5.92 Å². The summed E-state index contributed by atoms with van der Waals surface area (Å²) in [5.41, 5.74) is -0.625. The number of piperidine rings is 1. The van der Waals surface area contributed by atoms with Crippen molar-refractivity contribution < 1.29 is 19.4 Å². The lowest BCUT2D eigenvalue weighted by atomic mass is 9.86. The standard InChI is InChI=1S/C14H24N2O4/c1-14(2,3)20-13(19)16-11(12(17)18)8-6-9-4-5-10(7-8)15-9/h8-11,15H,4-7H2,1-3H3,(H,16,19)(H,17,18)/t8?,9?,10?,11-/m0/s1. The van der Waals surface area contributed by atoms with Gasteiger partial charge in [-0.2, -0.15) is 0 Å². The molecule has 1 amide bonds. The highest BCUT2D eigenvalue weighted by Gasteiger charge is 2.40. The first-order valence-corrected chi connectivity index (χ1v) is 7.23. The monoisotopic (exact) mass is 284 g/mol. The van der Waals surface area contributed by atoms with Crippen LogP contribution in [0.1, 0.15) is 46.5 Å². The molecule has 0 spiro atoms. The molecule has 3 atom stereocenters. The van der Waals surface area contributed by atoms with E-state index in [2.05, 4.69) is 10.6 Å². The van der Waals surface area contributed by atoms with Crippen LogP contribution in [0.25, 0.3) is 0 Å². The molecule has 0 aromatic heterocycles. The zero-order valence-corrected chi connectivity index (χ0v) is 12.3. The fourth-order valence-corrected chi connectivity index (χ4v) is 3.19. The second-order valence-corrected chi connectivity index (χ2v) is 6.83. The zero-order valence-electron chi connectivity index (χ0n) is 12.3. The molecule has 0 aliphatic carbocycles. The number of carbonyl (C=O) groups is 2. The van der Waals surface area contributed by atoms with Gasteiger partial charge in [0.05, 0.1) is 0 Å². The number of carboxylic acids is 1. The minimum Gasteiger partial charge on any atom is -0.480 e. The van der Waals surface area contributed by atoms with Gasteiger partial charge in [0.2, 0.25) is 0 Å². The first-order chi connectivity index (χ1) is 9.24. The van der Waals surface area contributed by atoms with Gasteiger partial charge in [-0.25, -0.2) is 9.59 Å². The maximum atomic E-state index is 11.8. The van der Waals surface area contributed by atoms with Gasteiger partial charge < -0.3 is 20.5 Å². The summed E-state index contributed by atoms with van der Waals surface area (Å²) in [6.07, 6.45) is 3.13. The highest BCUT2D eigenvalue weighted by Crippen LogP contribution is 2.33. The molecule has 6 nitrogen and oxygen atoms in total. The van der Waals surface area contributed by atoms with Crippen molar-refractivity contribution in [3.05, 3.63) is 0 Å². The predicted octanol–water partition coefficient (Wildman–Crippen LogP) is 1.49. The molecule has 2 aliphatic heterocycles. The van der Waals surface area contributed by atoms with E-state index in [0.717, 1.165) is 25.7 Å². The van der Waals surface area contributed by atoms with Gasteiger partial charge in [0.1, 0.15) is 11.6 Å². The van der Waals surface area contributed by atoms with Crippen molar-refractivity contribution in [3.8, 4) is 0 Å². The smallest absolute Gasteiger partial charge is 0.408 e. The van der Waals surface area contributed by atoms with Crippen LogP contribution in [-0.2, 0) is 9.53 Å². The lowest BCUT2D eigenvalue weighted by molar-refractivity contribution is -0.141. The normalized spacial score (nSPS) is 30.6. The molecule has 0 aromatic carbocycles. The molecule has 3 N–H and O–H groups in total. The van der Waals surface area contributed by atoms with Crippen molar-refractivity contribution in [1.82, 2.24) is 10.6 Å². The third-order valence-electron chi connectivity index (χ3n) is 3.92. The largest absolute Gasteiger partial charge is 0.480 e. The van der Waals surface area contributed by atoms with Crippen LogP contribution in [-0.4, -0.2) is 40.9 Å². The fourth-order valence-electron chi connectivity index (χ4n) is 3.19. The van der Waals surface area contributed by atoms with E-state index in [1.807, 2.05) is 0 Å². The van der Waals surface area contributed by atoms with E-state index < -0.39 is 23.7 Å². The lowest BCUT2D eigenvalue weighted by Crippen LogP contribution is -2.52. The molecule has 2 unspecified atom stereocenters. The van der Waals surface area contributed by atoms with Crippen LogP contribution in [0.4, 0.5) is 4.79 Å². The molecule has 114 valence electrons. The Morgan fingerprint density at radius 3 is 2.25 bits per heavy atom. The molecule has 0 radical (unpaired) electrons. The molecule has 2 rings (SSSR count). The van der Waals surface area contributed by atoms with E-state index in [4.69, 9.17) is 4.74 Å². The molecule has 2 bridgehead atoms. The number of rotatable bonds is 3. The number of amides is 1. The quantitative estimate of drug-likeness (QED) is 0.731. The number of alkyl carbamates (subject to hydrolysis) is 1. The molecule has 0 aromatic rings. The van der Waals surface area contributed by atoms with Crippen molar-refractivity contribution in [2.75, 3.05) is 0 Å². The van der Waals surface area contributed by atoms with Crippen molar-refractivity contribution in [2.24, 2.45) is 5.92 Å². The Morgan fingerprint density at radius 1 is 1.25 bits per heavy atom. The van der Waals surface area contributed by atoms with Crippen LogP contribution < -0.4 is 10.6 Å². The Labute approximate surface area is 119 Å². The Bertz CT molecular complexity index is 379. The lowest BCUT2D eigenvalue weighted by Gasteiger charge is -2.33. The van der Waals surface area contributed by atoms with Crippen molar-refractivity contribution >= 4 is 12.1 Å². The summed E-state index contributed by atoms with van der Waals surface area (Å²) in [6, 6.07) is -0.0860. The van der Waals surface area contributed by atoms with Gasteiger partial charge in [0.25, 0.3) is 0 Å². The summed E-state index contributed by atoms with van der Waals surface area (Å²) < 4.78 is 5.15. The third kappa shape index (κ3) is 3.85. The van der Waals surface area contributed by atoms with Crippen LogP contribution in [0.15, 0.2) is 0 Å². The van der Waals surface area contributed by atoms with E-state index in [-0.39, 0.29) is 5.92 Å². The van der Waals surface area contributed by atoms with Gasteiger partial charge in [-0.1, -0.05) is 0 Å². The third-order valence-corrected chi connectivity index (χ3v) is 3.92. The number of carbonyl (C=O) groups excluding carboxylic acids is 1. The summed E-state index contributed by atoms with van der Waals surface area (Å²) in [7, 11) is 0. The summed E-state index contributed by atoms with van der Waals surface area (Å²) in [5, 5.41) is 15.4. The van der Waals surface area contributed by atoms with Crippen LogP contribution in [0.2, 0.25) is 0 Å². The average molecular weight is 284 g/mol. The second-order valence-electron chi connectivity index (χ2n) is 6.83. The van der Waals surface area contributed by atoms with Crippen LogP contribution in [0.3, 0.4) is 0 Å². The molecule has 6 heteroatoms. The minimum atomic E-state index is -0.984. The molecule has 2 fully saturated rings. The number of carboxylic acid groups (broad SMARTS) is 1. The van der Waals surface area contributed by atoms with E-state index in [9.17, 15) is 14.7 Å². The highest BCUT2D eigenvalue weighted by molar-refractivity contribution is 5.80. The molecule has 0 saturated carbocycles. The summed E-state index contributed by atoms with van der Waals surface area (Å²) in [6.45, 7) is 5.27. The average Bonchev–Trinajstić information content (AvgIpc) is 2.62. The summed E-state index contributed by atoms with van der Waals surface area (Å²) in [5.74, 6) is -1.01. The number of ether oxygens (including phenoxy) is 1. The summed E-state index contributed by atoms with van der Waals surface area (Å²) >= 11 is 0. The van der Waals surface area contributed by atoms with Crippen molar-refractivity contribution in [1.29, 1.82) is 0 Å². The van der Waals surface area contributed by atoms with Crippen LogP contribution >= 0.6 is 0 Å². The minimum absolute atomic E-state index is 0.0289. The highest BCUT2D eigenvalue weighted by atomic mass is 16.6.